The first-order chi connectivity index (χ1) is 10.6. The number of hydrogen-bond acceptors (Lipinski definition) is 3. The monoisotopic (exact) mass is 317 g/mol. The standard InChI is InChI=1S/C17H16FNO2S/c18-12-4-5-13-11(10-12)3-6-14(13)19-17(21)8-7-15(20)16-2-1-9-22-16/h1-2,4-5,9-10,14H,3,6-8H2,(H,19,21)/t14-/m1/s1. The molecule has 1 aromatic heterocycles. The van der Waals surface area contributed by atoms with E-state index in [0.717, 1.165) is 24.0 Å². The summed E-state index contributed by atoms with van der Waals surface area (Å²) in [6, 6.07) is 8.21. The van der Waals surface area contributed by atoms with Crippen LogP contribution in [0.2, 0.25) is 0 Å². The van der Waals surface area contributed by atoms with Crippen molar-refractivity contribution < 1.29 is 14.0 Å². The molecule has 1 aliphatic rings. The summed E-state index contributed by atoms with van der Waals surface area (Å²) in [6.07, 6.45) is 1.95. The van der Waals surface area contributed by atoms with Crippen LogP contribution < -0.4 is 5.32 Å². The predicted octanol–water partition coefficient (Wildman–Crippen LogP) is 3.65. The topological polar surface area (TPSA) is 46.2 Å². The number of benzene rings is 1. The van der Waals surface area contributed by atoms with Crippen LogP contribution in [0.1, 0.15) is 46.1 Å². The highest BCUT2D eigenvalue weighted by Crippen LogP contribution is 2.31. The number of carbonyl (C=O) groups is 2. The minimum Gasteiger partial charge on any atom is -0.349 e. The fourth-order valence-electron chi connectivity index (χ4n) is 2.79. The SMILES string of the molecule is O=C(CCC(=O)c1cccs1)N[C@@H]1CCc2cc(F)ccc21. The molecule has 3 nitrogen and oxygen atoms in total. The van der Waals surface area contributed by atoms with Gasteiger partial charge in [-0.05, 0) is 47.5 Å². The number of fused-ring (bicyclic) bond motifs is 1. The number of aryl methyl sites for hydroxylation is 1. The Morgan fingerprint density at radius 3 is 2.91 bits per heavy atom. The van der Waals surface area contributed by atoms with Crippen molar-refractivity contribution >= 4 is 23.0 Å². The zero-order chi connectivity index (χ0) is 15.5. The van der Waals surface area contributed by atoms with E-state index in [1.807, 2.05) is 11.4 Å². The van der Waals surface area contributed by atoms with Gasteiger partial charge >= 0.3 is 0 Å². The first-order valence-electron chi connectivity index (χ1n) is 7.28. The second-order valence-corrected chi connectivity index (χ2v) is 6.35. The Balaban J connectivity index is 1.54. The van der Waals surface area contributed by atoms with Crippen LogP contribution >= 0.6 is 11.3 Å². The lowest BCUT2D eigenvalue weighted by Crippen LogP contribution is -2.27. The summed E-state index contributed by atoms with van der Waals surface area (Å²) in [4.78, 5) is 24.6. The van der Waals surface area contributed by atoms with Gasteiger partial charge in [-0.1, -0.05) is 12.1 Å². The summed E-state index contributed by atoms with van der Waals surface area (Å²) in [6.45, 7) is 0. The van der Waals surface area contributed by atoms with E-state index in [9.17, 15) is 14.0 Å². The van der Waals surface area contributed by atoms with Gasteiger partial charge in [-0.15, -0.1) is 11.3 Å². The molecule has 1 aromatic carbocycles. The zero-order valence-electron chi connectivity index (χ0n) is 12.0. The highest BCUT2D eigenvalue weighted by molar-refractivity contribution is 7.12. The van der Waals surface area contributed by atoms with Crippen molar-refractivity contribution in [2.24, 2.45) is 0 Å². The molecule has 114 valence electrons. The van der Waals surface area contributed by atoms with Gasteiger partial charge in [0.15, 0.2) is 5.78 Å². The number of rotatable bonds is 5. The second kappa shape index (κ2) is 6.40. The van der Waals surface area contributed by atoms with Crippen LogP contribution in [0.15, 0.2) is 35.7 Å². The lowest BCUT2D eigenvalue weighted by atomic mass is 10.1. The third kappa shape index (κ3) is 3.25. The second-order valence-electron chi connectivity index (χ2n) is 5.40. The lowest BCUT2D eigenvalue weighted by Gasteiger charge is -2.14. The van der Waals surface area contributed by atoms with E-state index in [-0.39, 0.29) is 36.4 Å². The van der Waals surface area contributed by atoms with Crippen LogP contribution in [-0.4, -0.2) is 11.7 Å². The molecule has 1 atom stereocenters. The Kier molecular flexibility index (Phi) is 4.34. The van der Waals surface area contributed by atoms with E-state index in [4.69, 9.17) is 0 Å². The Bertz CT molecular complexity index is 697. The summed E-state index contributed by atoms with van der Waals surface area (Å²) >= 11 is 1.39. The van der Waals surface area contributed by atoms with Crippen LogP contribution in [-0.2, 0) is 11.2 Å². The van der Waals surface area contributed by atoms with E-state index < -0.39 is 0 Å². The Hall–Kier alpha value is -2.01. The third-order valence-electron chi connectivity index (χ3n) is 3.89. The molecule has 1 amide bonds. The lowest BCUT2D eigenvalue weighted by molar-refractivity contribution is -0.121. The smallest absolute Gasteiger partial charge is 0.220 e. The normalized spacial score (nSPS) is 16.3. The number of ketones is 1. The van der Waals surface area contributed by atoms with Crippen LogP contribution in [0.25, 0.3) is 0 Å². The minimum absolute atomic E-state index is 0.000886. The molecule has 22 heavy (non-hydrogen) atoms. The number of amides is 1. The molecule has 0 saturated heterocycles. The summed E-state index contributed by atoms with van der Waals surface area (Å²) < 4.78 is 13.2. The van der Waals surface area contributed by atoms with Gasteiger partial charge in [-0.2, -0.15) is 0 Å². The predicted molar refractivity (Wildman–Crippen MR) is 83.5 cm³/mol. The fraction of sp³-hybridized carbons (Fsp3) is 0.294. The maximum absolute atomic E-state index is 13.2. The van der Waals surface area contributed by atoms with Gasteiger partial charge in [-0.25, -0.2) is 4.39 Å². The molecule has 0 spiro atoms. The molecular weight excluding hydrogens is 301 g/mol. The Morgan fingerprint density at radius 1 is 1.27 bits per heavy atom. The number of hydrogen-bond donors (Lipinski definition) is 1. The fourth-order valence-corrected chi connectivity index (χ4v) is 3.48. The van der Waals surface area contributed by atoms with Gasteiger partial charge in [0.1, 0.15) is 5.82 Å². The number of thiophene rings is 1. The maximum atomic E-state index is 13.2. The van der Waals surface area contributed by atoms with Crippen LogP contribution in [0.4, 0.5) is 4.39 Å². The number of nitrogens with one attached hydrogen (secondary N) is 1. The Labute approximate surface area is 132 Å². The molecule has 1 heterocycles. The van der Waals surface area contributed by atoms with Gasteiger partial charge < -0.3 is 5.32 Å². The van der Waals surface area contributed by atoms with E-state index in [0.29, 0.717) is 4.88 Å². The summed E-state index contributed by atoms with van der Waals surface area (Å²) in [7, 11) is 0. The van der Waals surface area contributed by atoms with Gasteiger partial charge in [0.2, 0.25) is 5.91 Å². The van der Waals surface area contributed by atoms with Crippen LogP contribution in [0.5, 0.6) is 0 Å². The molecule has 2 aromatic rings. The summed E-state index contributed by atoms with van der Waals surface area (Å²) in [5, 5.41) is 4.79. The molecule has 1 aliphatic carbocycles. The molecule has 0 radical (unpaired) electrons. The molecule has 0 fully saturated rings. The molecule has 3 rings (SSSR count). The first kappa shape index (κ1) is 14.9. The van der Waals surface area contributed by atoms with E-state index >= 15 is 0 Å². The summed E-state index contributed by atoms with van der Waals surface area (Å²) in [5.41, 5.74) is 1.94. The molecule has 0 aliphatic heterocycles. The Morgan fingerprint density at radius 2 is 2.14 bits per heavy atom. The van der Waals surface area contributed by atoms with Crippen molar-refractivity contribution in [3.05, 3.63) is 57.5 Å². The van der Waals surface area contributed by atoms with E-state index in [1.165, 1.54) is 23.5 Å². The number of halogens is 1. The molecule has 1 N–H and O–H groups in total. The van der Waals surface area contributed by atoms with E-state index in [1.54, 1.807) is 12.1 Å². The highest BCUT2D eigenvalue weighted by Gasteiger charge is 2.24. The average Bonchev–Trinajstić information content (AvgIpc) is 3.15. The first-order valence-corrected chi connectivity index (χ1v) is 8.16. The highest BCUT2D eigenvalue weighted by atomic mass is 32.1. The quantitative estimate of drug-likeness (QED) is 0.856. The molecule has 0 saturated carbocycles. The minimum atomic E-state index is -0.243. The van der Waals surface area contributed by atoms with Gasteiger partial charge in [0.05, 0.1) is 10.9 Å². The van der Waals surface area contributed by atoms with Crippen molar-refractivity contribution in [2.45, 2.75) is 31.7 Å². The maximum Gasteiger partial charge on any atom is 0.220 e. The van der Waals surface area contributed by atoms with Crippen LogP contribution in [0.3, 0.4) is 0 Å². The molecule has 0 bridgehead atoms. The van der Waals surface area contributed by atoms with Crippen molar-refractivity contribution in [2.75, 3.05) is 0 Å². The average molecular weight is 317 g/mol. The van der Waals surface area contributed by atoms with Crippen molar-refractivity contribution in [1.29, 1.82) is 0 Å². The molecule has 5 heteroatoms. The van der Waals surface area contributed by atoms with Gasteiger partial charge in [0, 0.05) is 12.8 Å². The number of Topliss-reactive ketones (excluding diaryl/α,β-unsaturated/α-hetero) is 1. The largest absolute Gasteiger partial charge is 0.349 e. The van der Waals surface area contributed by atoms with Crippen molar-refractivity contribution in [3.63, 3.8) is 0 Å². The van der Waals surface area contributed by atoms with Gasteiger partial charge in [-0.3, -0.25) is 9.59 Å². The molecule has 0 unspecified atom stereocenters. The van der Waals surface area contributed by atoms with Crippen molar-refractivity contribution in [3.8, 4) is 0 Å². The van der Waals surface area contributed by atoms with Crippen molar-refractivity contribution in [1.82, 2.24) is 5.32 Å². The summed E-state index contributed by atoms with van der Waals surface area (Å²) in [5.74, 6) is -0.376. The zero-order valence-corrected chi connectivity index (χ0v) is 12.8. The van der Waals surface area contributed by atoms with Gasteiger partial charge in [0.25, 0.3) is 0 Å². The third-order valence-corrected chi connectivity index (χ3v) is 4.80. The van der Waals surface area contributed by atoms with E-state index in [2.05, 4.69) is 5.32 Å². The molecular formula is C17H16FNO2S. The van der Waals surface area contributed by atoms with Crippen LogP contribution in [0, 0.1) is 5.82 Å². The number of carbonyl (C=O) groups excluding carboxylic acids is 2.